The van der Waals surface area contributed by atoms with Gasteiger partial charge in [-0.25, -0.2) is 14.6 Å². The van der Waals surface area contributed by atoms with Gasteiger partial charge in [-0.3, -0.25) is 9.59 Å². The second kappa shape index (κ2) is 8.32. The zero-order valence-electron chi connectivity index (χ0n) is 19.8. The van der Waals surface area contributed by atoms with E-state index >= 15 is 0 Å². The van der Waals surface area contributed by atoms with E-state index < -0.39 is 11.8 Å². The van der Waals surface area contributed by atoms with Gasteiger partial charge >= 0.3 is 0 Å². The summed E-state index contributed by atoms with van der Waals surface area (Å²) in [6.45, 7) is 1.78. The summed E-state index contributed by atoms with van der Waals surface area (Å²) in [7, 11) is 6.01. The van der Waals surface area contributed by atoms with Crippen LogP contribution in [0.5, 0.6) is 23.0 Å². The van der Waals surface area contributed by atoms with E-state index in [4.69, 9.17) is 18.9 Å². The molecule has 10 nitrogen and oxygen atoms in total. The lowest BCUT2D eigenvalue weighted by Gasteiger charge is -2.18. The van der Waals surface area contributed by atoms with E-state index in [0.29, 0.717) is 45.4 Å². The van der Waals surface area contributed by atoms with Crippen molar-refractivity contribution < 1.29 is 28.5 Å². The molecule has 5 rings (SSSR count). The number of carbonyl (C=O) groups is 2. The molecule has 0 N–H and O–H groups in total. The minimum absolute atomic E-state index is 0.202. The molecule has 178 valence electrons. The third-order valence-electron chi connectivity index (χ3n) is 5.95. The molecule has 2 aromatic carbocycles. The Labute approximate surface area is 200 Å². The SMILES string of the molecule is COc1ccc(-n2nc(C)c3c4c(cnc32)C(=O)N(c2cc(OC)c(OC)c(OC)c2)C4=O)cc1. The molecular weight excluding hydrogens is 452 g/mol. The summed E-state index contributed by atoms with van der Waals surface area (Å²) in [5.74, 6) is 0.735. The number of carbonyl (C=O) groups excluding carboxylic acids is 2. The predicted octanol–water partition coefficient (Wildman–Crippen LogP) is 3.56. The summed E-state index contributed by atoms with van der Waals surface area (Å²) < 4.78 is 23.0. The van der Waals surface area contributed by atoms with Gasteiger partial charge in [-0.2, -0.15) is 5.10 Å². The van der Waals surface area contributed by atoms with Gasteiger partial charge < -0.3 is 18.9 Å². The van der Waals surface area contributed by atoms with Gasteiger partial charge in [-0.15, -0.1) is 0 Å². The topological polar surface area (TPSA) is 105 Å². The Bertz CT molecular complexity index is 1470. The molecule has 0 spiro atoms. The lowest BCUT2D eigenvalue weighted by molar-refractivity contribution is 0.0926. The fourth-order valence-electron chi connectivity index (χ4n) is 4.29. The zero-order chi connectivity index (χ0) is 24.9. The van der Waals surface area contributed by atoms with Crippen molar-refractivity contribution in [3.63, 3.8) is 0 Å². The quantitative estimate of drug-likeness (QED) is 0.391. The van der Waals surface area contributed by atoms with Crippen LogP contribution in [0, 0.1) is 6.92 Å². The lowest BCUT2D eigenvalue weighted by Crippen LogP contribution is -2.29. The molecule has 4 aromatic rings. The Morgan fingerprint density at radius 2 is 1.46 bits per heavy atom. The van der Waals surface area contributed by atoms with E-state index in [1.165, 1.54) is 27.5 Å². The highest BCUT2D eigenvalue weighted by Gasteiger charge is 2.40. The highest BCUT2D eigenvalue weighted by molar-refractivity contribution is 6.37. The molecule has 2 amide bonds. The number of aryl methyl sites for hydroxylation is 1. The second-order valence-electron chi connectivity index (χ2n) is 7.77. The van der Waals surface area contributed by atoms with Crippen molar-refractivity contribution in [2.75, 3.05) is 33.3 Å². The first-order valence-corrected chi connectivity index (χ1v) is 10.6. The fourth-order valence-corrected chi connectivity index (χ4v) is 4.29. The van der Waals surface area contributed by atoms with Gasteiger partial charge in [0.2, 0.25) is 5.75 Å². The van der Waals surface area contributed by atoms with Crippen molar-refractivity contribution >= 4 is 28.5 Å². The molecular formula is C25H22N4O6. The number of pyridine rings is 1. The minimum atomic E-state index is -0.495. The van der Waals surface area contributed by atoms with Crippen LogP contribution in [-0.2, 0) is 0 Å². The number of fused-ring (bicyclic) bond motifs is 3. The molecule has 2 aromatic heterocycles. The number of amides is 2. The van der Waals surface area contributed by atoms with Crippen molar-refractivity contribution in [1.29, 1.82) is 0 Å². The first-order chi connectivity index (χ1) is 16.9. The molecule has 0 saturated carbocycles. The average molecular weight is 474 g/mol. The van der Waals surface area contributed by atoms with Crippen LogP contribution in [-0.4, -0.2) is 55.0 Å². The van der Waals surface area contributed by atoms with Crippen molar-refractivity contribution in [3.05, 3.63) is 59.4 Å². The molecule has 0 bridgehead atoms. The number of imide groups is 1. The van der Waals surface area contributed by atoms with Gasteiger partial charge in [0.05, 0.1) is 62.0 Å². The van der Waals surface area contributed by atoms with E-state index in [1.807, 2.05) is 24.3 Å². The third kappa shape index (κ3) is 3.25. The molecule has 3 heterocycles. The number of aromatic nitrogens is 3. The summed E-state index contributed by atoms with van der Waals surface area (Å²) >= 11 is 0. The Balaban J connectivity index is 1.66. The smallest absolute Gasteiger partial charge is 0.267 e. The Kier molecular flexibility index (Phi) is 5.28. The largest absolute Gasteiger partial charge is 0.497 e. The number of anilines is 1. The molecule has 0 aliphatic carbocycles. The number of nitrogens with zero attached hydrogens (tertiary/aromatic N) is 4. The van der Waals surface area contributed by atoms with E-state index in [0.717, 1.165) is 10.6 Å². The van der Waals surface area contributed by atoms with E-state index in [2.05, 4.69) is 10.1 Å². The number of hydrogen-bond donors (Lipinski definition) is 0. The number of methoxy groups -OCH3 is 4. The van der Waals surface area contributed by atoms with Gasteiger partial charge in [-0.1, -0.05) is 0 Å². The summed E-state index contributed by atoms with van der Waals surface area (Å²) in [5, 5.41) is 5.12. The van der Waals surface area contributed by atoms with E-state index in [9.17, 15) is 9.59 Å². The Morgan fingerprint density at radius 3 is 2.03 bits per heavy atom. The minimum Gasteiger partial charge on any atom is -0.497 e. The van der Waals surface area contributed by atoms with Crippen LogP contribution < -0.4 is 23.8 Å². The van der Waals surface area contributed by atoms with Crippen molar-refractivity contribution in [2.45, 2.75) is 6.92 Å². The highest BCUT2D eigenvalue weighted by Crippen LogP contribution is 2.43. The van der Waals surface area contributed by atoms with Crippen molar-refractivity contribution in [2.24, 2.45) is 0 Å². The van der Waals surface area contributed by atoms with Gasteiger partial charge in [0.15, 0.2) is 17.1 Å². The fraction of sp³-hybridized carbons (Fsp3) is 0.200. The van der Waals surface area contributed by atoms with Crippen molar-refractivity contribution in [1.82, 2.24) is 14.8 Å². The predicted molar refractivity (Wildman–Crippen MR) is 127 cm³/mol. The van der Waals surface area contributed by atoms with Gasteiger partial charge in [-0.05, 0) is 31.2 Å². The first kappa shape index (κ1) is 22.2. The normalized spacial score (nSPS) is 12.8. The van der Waals surface area contributed by atoms with Crippen LogP contribution in [0.3, 0.4) is 0 Å². The Morgan fingerprint density at radius 1 is 0.800 bits per heavy atom. The van der Waals surface area contributed by atoms with Crippen LogP contribution in [0.15, 0.2) is 42.6 Å². The third-order valence-corrected chi connectivity index (χ3v) is 5.95. The number of hydrogen-bond acceptors (Lipinski definition) is 8. The number of rotatable bonds is 6. The number of benzene rings is 2. The maximum absolute atomic E-state index is 13.7. The van der Waals surface area contributed by atoms with Gasteiger partial charge in [0.1, 0.15) is 5.75 Å². The molecule has 1 aliphatic heterocycles. The molecule has 0 saturated heterocycles. The molecule has 0 atom stereocenters. The molecule has 0 fully saturated rings. The van der Waals surface area contributed by atoms with E-state index in [1.54, 1.807) is 30.8 Å². The van der Waals surface area contributed by atoms with Crippen LogP contribution in [0.2, 0.25) is 0 Å². The zero-order valence-corrected chi connectivity index (χ0v) is 19.8. The maximum atomic E-state index is 13.7. The Hall–Kier alpha value is -4.60. The van der Waals surface area contributed by atoms with Gasteiger partial charge in [0, 0.05) is 18.3 Å². The van der Waals surface area contributed by atoms with Crippen molar-refractivity contribution in [3.8, 4) is 28.7 Å². The highest BCUT2D eigenvalue weighted by atomic mass is 16.5. The summed E-state index contributed by atoms with van der Waals surface area (Å²) in [4.78, 5) is 32.6. The van der Waals surface area contributed by atoms with Gasteiger partial charge in [0.25, 0.3) is 11.8 Å². The average Bonchev–Trinajstić information content (AvgIpc) is 3.36. The monoisotopic (exact) mass is 474 g/mol. The molecule has 0 radical (unpaired) electrons. The van der Waals surface area contributed by atoms with E-state index in [-0.39, 0.29) is 11.1 Å². The molecule has 1 aliphatic rings. The van der Waals surface area contributed by atoms with Crippen LogP contribution in [0.4, 0.5) is 5.69 Å². The number of ether oxygens (including phenoxy) is 4. The second-order valence-corrected chi connectivity index (χ2v) is 7.77. The molecule has 35 heavy (non-hydrogen) atoms. The summed E-state index contributed by atoms with van der Waals surface area (Å²) in [5.41, 5.74) is 2.54. The standard InChI is InChI=1S/C25H22N4O6/c1-13-20-21-17(12-26-23(20)29(27-13)14-6-8-16(32-2)9-7-14)24(30)28(25(21)31)15-10-18(33-3)22(35-5)19(11-15)34-4/h6-12H,1-5H3. The maximum Gasteiger partial charge on any atom is 0.267 e. The molecule has 0 unspecified atom stereocenters. The van der Waals surface area contributed by atoms with Crippen LogP contribution in [0.25, 0.3) is 16.7 Å². The summed E-state index contributed by atoms with van der Waals surface area (Å²) in [6.07, 6.45) is 1.41. The molecule has 10 heteroatoms. The summed E-state index contributed by atoms with van der Waals surface area (Å²) in [6, 6.07) is 10.4. The first-order valence-electron chi connectivity index (χ1n) is 10.6. The van der Waals surface area contributed by atoms with Crippen LogP contribution >= 0.6 is 0 Å². The van der Waals surface area contributed by atoms with Crippen LogP contribution in [0.1, 0.15) is 26.4 Å². The lowest BCUT2D eigenvalue weighted by atomic mass is 10.1.